The van der Waals surface area contributed by atoms with Crippen LogP contribution in [0.1, 0.15) is 54.2 Å². The molecule has 2 fully saturated rings. The molecule has 5 nitrogen and oxygen atoms in total. The third kappa shape index (κ3) is 3.33. The first-order chi connectivity index (χ1) is 12.3. The number of hydrogen-bond acceptors (Lipinski definition) is 3. The average Bonchev–Trinajstić information content (AvgIpc) is 3.13. The van der Waals surface area contributed by atoms with E-state index in [4.69, 9.17) is 0 Å². The fourth-order valence-electron chi connectivity index (χ4n) is 4.02. The third-order valence-corrected chi connectivity index (χ3v) is 5.77. The predicted octanol–water partition coefficient (Wildman–Crippen LogP) is 2.66. The molecule has 2 aliphatic rings. The summed E-state index contributed by atoms with van der Waals surface area (Å²) < 4.78 is 1.94. The van der Waals surface area contributed by atoms with Crippen molar-refractivity contribution in [3.8, 4) is 0 Å². The van der Waals surface area contributed by atoms with Gasteiger partial charge in [0.15, 0.2) is 0 Å². The Kier molecular flexibility index (Phi) is 4.57. The number of nitrogens with one attached hydrogen (secondary N) is 2. The van der Waals surface area contributed by atoms with E-state index in [-0.39, 0.29) is 11.3 Å². The van der Waals surface area contributed by atoms with Gasteiger partial charge >= 0.3 is 0 Å². The van der Waals surface area contributed by atoms with Gasteiger partial charge in [0, 0.05) is 24.7 Å². The minimum absolute atomic E-state index is 0.0651. The van der Waals surface area contributed by atoms with Crippen molar-refractivity contribution in [2.24, 2.45) is 0 Å². The van der Waals surface area contributed by atoms with E-state index in [0.717, 1.165) is 38.8 Å². The van der Waals surface area contributed by atoms with Gasteiger partial charge in [-0.15, -0.1) is 0 Å². The van der Waals surface area contributed by atoms with Crippen molar-refractivity contribution in [3.63, 3.8) is 0 Å². The molecule has 1 aromatic carbocycles. The highest BCUT2D eigenvalue weighted by atomic mass is 16.1. The van der Waals surface area contributed by atoms with Gasteiger partial charge in [0.25, 0.3) is 5.91 Å². The van der Waals surface area contributed by atoms with Crippen LogP contribution in [0, 0.1) is 0 Å². The van der Waals surface area contributed by atoms with Crippen molar-refractivity contribution < 1.29 is 4.79 Å². The van der Waals surface area contributed by atoms with Crippen molar-refractivity contribution >= 4 is 5.91 Å². The van der Waals surface area contributed by atoms with Gasteiger partial charge in [-0.2, -0.15) is 5.10 Å². The first-order valence-electron chi connectivity index (χ1n) is 9.36. The van der Waals surface area contributed by atoms with Crippen LogP contribution >= 0.6 is 0 Å². The van der Waals surface area contributed by atoms with Gasteiger partial charge in [0.1, 0.15) is 5.69 Å². The van der Waals surface area contributed by atoms with Crippen molar-refractivity contribution in [2.75, 3.05) is 19.6 Å². The van der Waals surface area contributed by atoms with Gasteiger partial charge in [0.2, 0.25) is 0 Å². The molecular formula is C20H26N4O. The Morgan fingerprint density at radius 2 is 2.08 bits per heavy atom. The summed E-state index contributed by atoms with van der Waals surface area (Å²) in [6, 6.07) is 12.7. The molecule has 1 atom stereocenters. The minimum atomic E-state index is -0.0651. The van der Waals surface area contributed by atoms with Crippen LogP contribution in [0.2, 0.25) is 0 Å². The molecule has 2 N–H and O–H groups in total. The summed E-state index contributed by atoms with van der Waals surface area (Å²) in [7, 11) is 0. The molecule has 0 bridgehead atoms. The van der Waals surface area contributed by atoms with Crippen molar-refractivity contribution in [2.45, 2.75) is 43.6 Å². The van der Waals surface area contributed by atoms with E-state index in [1.807, 2.05) is 23.0 Å². The van der Waals surface area contributed by atoms with Crippen LogP contribution in [-0.2, 0) is 5.41 Å². The van der Waals surface area contributed by atoms with Crippen molar-refractivity contribution in [3.05, 3.63) is 53.9 Å². The second-order valence-corrected chi connectivity index (χ2v) is 7.36. The summed E-state index contributed by atoms with van der Waals surface area (Å²) in [4.78, 5) is 12.6. The summed E-state index contributed by atoms with van der Waals surface area (Å²) in [5, 5.41) is 11.0. The Balaban J connectivity index is 1.40. The van der Waals surface area contributed by atoms with Gasteiger partial charge in [-0.3, -0.25) is 9.48 Å². The molecule has 0 radical (unpaired) electrons. The van der Waals surface area contributed by atoms with Crippen LogP contribution in [0.5, 0.6) is 0 Å². The van der Waals surface area contributed by atoms with E-state index in [9.17, 15) is 4.79 Å². The monoisotopic (exact) mass is 338 g/mol. The number of aromatic nitrogens is 2. The first kappa shape index (κ1) is 16.3. The van der Waals surface area contributed by atoms with E-state index in [1.54, 1.807) is 0 Å². The molecule has 1 saturated heterocycles. The quantitative estimate of drug-likeness (QED) is 0.881. The number of nitrogens with zero attached hydrogens (tertiary/aromatic N) is 2. The Morgan fingerprint density at radius 1 is 1.24 bits per heavy atom. The molecule has 2 aromatic rings. The number of piperidine rings is 1. The van der Waals surface area contributed by atoms with Crippen LogP contribution in [0.3, 0.4) is 0 Å². The van der Waals surface area contributed by atoms with Gasteiger partial charge in [-0.05, 0) is 43.9 Å². The summed E-state index contributed by atoms with van der Waals surface area (Å²) in [5.74, 6) is -0.0651. The predicted molar refractivity (Wildman–Crippen MR) is 97.7 cm³/mol. The lowest BCUT2D eigenvalue weighted by molar-refractivity contribution is 0.0921. The zero-order chi connectivity index (χ0) is 17.1. The highest BCUT2D eigenvalue weighted by Gasteiger charge is 2.38. The SMILES string of the molecule is O=C(NCC1(c2ccccc2)CCC1)c1ccn(C2CCCNC2)n1. The van der Waals surface area contributed by atoms with E-state index in [2.05, 4.69) is 40.0 Å². The smallest absolute Gasteiger partial charge is 0.271 e. The number of carbonyl (C=O) groups is 1. The third-order valence-electron chi connectivity index (χ3n) is 5.77. The highest BCUT2D eigenvalue weighted by molar-refractivity contribution is 5.92. The van der Waals surface area contributed by atoms with Gasteiger partial charge in [-0.25, -0.2) is 0 Å². The molecule has 5 heteroatoms. The lowest BCUT2D eigenvalue weighted by Gasteiger charge is -2.42. The molecule has 0 spiro atoms. The van der Waals surface area contributed by atoms with E-state index < -0.39 is 0 Å². The average molecular weight is 338 g/mol. The van der Waals surface area contributed by atoms with Crippen LogP contribution in [0.4, 0.5) is 0 Å². The molecule has 132 valence electrons. The largest absolute Gasteiger partial charge is 0.350 e. The van der Waals surface area contributed by atoms with Gasteiger partial charge in [-0.1, -0.05) is 36.8 Å². The Morgan fingerprint density at radius 3 is 2.76 bits per heavy atom. The maximum absolute atomic E-state index is 12.6. The van der Waals surface area contributed by atoms with Crippen LogP contribution < -0.4 is 10.6 Å². The Hall–Kier alpha value is -2.14. The summed E-state index contributed by atoms with van der Waals surface area (Å²) in [6.07, 6.45) is 7.72. The highest BCUT2D eigenvalue weighted by Crippen LogP contribution is 2.43. The summed E-state index contributed by atoms with van der Waals surface area (Å²) in [6.45, 7) is 2.69. The van der Waals surface area contributed by atoms with Gasteiger partial charge < -0.3 is 10.6 Å². The van der Waals surface area contributed by atoms with Crippen LogP contribution in [0.15, 0.2) is 42.6 Å². The van der Waals surface area contributed by atoms with E-state index in [1.165, 1.54) is 12.0 Å². The number of carbonyl (C=O) groups excluding carboxylic acids is 1. The summed E-state index contributed by atoms with van der Waals surface area (Å²) in [5.41, 5.74) is 1.96. The lowest BCUT2D eigenvalue weighted by atomic mass is 9.64. The minimum Gasteiger partial charge on any atom is -0.350 e. The molecule has 4 rings (SSSR count). The zero-order valence-corrected chi connectivity index (χ0v) is 14.6. The second kappa shape index (κ2) is 7.00. The lowest BCUT2D eigenvalue weighted by Crippen LogP contribution is -2.45. The molecule has 1 aliphatic carbocycles. The Bertz CT molecular complexity index is 714. The fraction of sp³-hybridized carbons (Fsp3) is 0.500. The van der Waals surface area contributed by atoms with Crippen LogP contribution in [0.25, 0.3) is 0 Å². The van der Waals surface area contributed by atoms with E-state index >= 15 is 0 Å². The normalized spacial score (nSPS) is 22.2. The molecule has 2 heterocycles. The molecule has 1 aliphatic heterocycles. The van der Waals surface area contributed by atoms with E-state index in [0.29, 0.717) is 18.3 Å². The first-order valence-corrected chi connectivity index (χ1v) is 9.36. The number of rotatable bonds is 5. The Labute approximate surface area is 148 Å². The summed E-state index contributed by atoms with van der Waals surface area (Å²) >= 11 is 0. The molecule has 1 saturated carbocycles. The number of benzene rings is 1. The molecule has 1 amide bonds. The second-order valence-electron chi connectivity index (χ2n) is 7.36. The fourth-order valence-corrected chi connectivity index (χ4v) is 4.02. The molecule has 25 heavy (non-hydrogen) atoms. The van der Waals surface area contributed by atoms with Gasteiger partial charge in [0.05, 0.1) is 6.04 Å². The van der Waals surface area contributed by atoms with Crippen molar-refractivity contribution in [1.29, 1.82) is 0 Å². The standard InChI is InChI=1S/C20H26N4O/c25-19(18-9-13-24(23-18)17-8-4-12-21-14-17)22-15-20(10-5-11-20)16-6-2-1-3-7-16/h1-3,6-7,9,13,17,21H,4-5,8,10-12,14-15H2,(H,22,25). The molecule has 1 unspecified atom stereocenters. The zero-order valence-electron chi connectivity index (χ0n) is 14.6. The number of amides is 1. The molecule has 1 aromatic heterocycles. The number of hydrogen-bond donors (Lipinski definition) is 2. The topological polar surface area (TPSA) is 59.0 Å². The maximum Gasteiger partial charge on any atom is 0.271 e. The van der Waals surface area contributed by atoms with Crippen molar-refractivity contribution in [1.82, 2.24) is 20.4 Å². The van der Waals surface area contributed by atoms with Crippen LogP contribution in [-0.4, -0.2) is 35.3 Å². The maximum atomic E-state index is 12.6. The molecular weight excluding hydrogens is 312 g/mol.